The Labute approximate surface area is 496 Å². The monoisotopic (exact) mass is 1130 g/mol. The average Bonchev–Trinajstić information content (AvgIpc) is 4.34. The van der Waals surface area contributed by atoms with Gasteiger partial charge in [0.1, 0.15) is 18.5 Å². The summed E-state index contributed by atoms with van der Waals surface area (Å²) < 4.78 is 9.20. The van der Waals surface area contributed by atoms with E-state index in [-0.39, 0.29) is 0 Å². The quantitative estimate of drug-likeness (QED) is 0.0985. The topological polar surface area (TPSA) is 207 Å². The highest BCUT2D eigenvalue weighted by Crippen LogP contribution is 1.90. The number of aromatic nitrogens is 18. The van der Waals surface area contributed by atoms with Crippen molar-refractivity contribution in [1.29, 1.82) is 0 Å². The Morgan fingerprint density at radius 2 is 0.877 bits per heavy atom. The van der Waals surface area contributed by atoms with Gasteiger partial charge in [0.2, 0.25) is 0 Å². The van der Waals surface area contributed by atoms with Crippen molar-refractivity contribution in [3.05, 3.63) is 195 Å². The van der Waals surface area contributed by atoms with Crippen LogP contribution in [0.4, 0.5) is 0 Å². The molecule has 0 aromatic carbocycles. The zero-order chi connectivity index (χ0) is 64.9. The standard InChI is InChI=1S/C5H8N2.3C5H7N.5C4H6N2.C3H5N3.10C2H6/c1-5-3-6-7(2)4-5;1-5-2-3-6-4-5;1-6-4-2-3-5-6;1-5-3-2-4-6-5;2*1-4-2-5-3-6-4;1-6-3-2-5-4-6;1-6-4-2-3-5-6;1-4-5-2-3-6-4;1-6-2-4-5-3-6;10*1-2/h3-4H,1-2H3;2-4,6H,1H3;2-5H,1H3;2-4,6H,1H3;2*2-3H,1H3,(H,5,6);2*2-4H,1H3;2-3H,1H3,(H,5,6);2-3H,1H3;10*1-2H3. The first-order valence-corrected chi connectivity index (χ1v) is 29.1. The molecule has 10 rings (SSSR count). The minimum Gasteiger partial charge on any atom is -0.367 e. The van der Waals surface area contributed by atoms with Crippen LogP contribution in [-0.2, 0) is 35.2 Å². The van der Waals surface area contributed by atoms with Gasteiger partial charge < -0.3 is 38.6 Å². The lowest BCUT2D eigenvalue weighted by Crippen LogP contribution is -1.83. The van der Waals surface area contributed by atoms with E-state index < -0.39 is 0 Å². The lowest BCUT2D eigenvalue weighted by Gasteiger charge is -1.79. The van der Waals surface area contributed by atoms with Crippen LogP contribution in [0.3, 0.4) is 0 Å². The van der Waals surface area contributed by atoms with Crippen molar-refractivity contribution in [2.24, 2.45) is 35.2 Å². The molecule has 18 heteroatoms. The summed E-state index contributed by atoms with van der Waals surface area (Å²) >= 11 is 0. The van der Waals surface area contributed by atoms with E-state index in [1.807, 2.05) is 310 Å². The highest BCUT2D eigenvalue weighted by atomic mass is 15.2. The molecule has 0 spiro atoms. The predicted octanol–water partition coefficient (Wildman–Crippen LogP) is 17.5. The molecule has 0 bridgehead atoms. The second kappa shape index (κ2) is 88.8. The van der Waals surface area contributed by atoms with E-state index in [4.69, 9.17) is 0 Å². The number of nitrogens with zero attached hydrogens (tertiary/aromatic N) is 13. The fourth-order valence-electron chi connectivity index (χ4n) is 3.71. The molecule has 0 aliphatic rings. The molecule has 0 saturated carbocycles. The summed E-state index contributed by atoms with van der Waals surface area (Å²) in [7, 11) is 9.61. The number of aromatic amines is 5. The molecule has 0 amide bonds. The summed E-state index contributed by atoms with van der Waals surface area (Å²) in [5.74, 6) is 0.968. The van der Waals surface area contributed by atoms with Gasteiger partial charge in [0, 0.05) is 139 Å². The lowest BCUT2D eigenvalue weighted by molar-refractivity contribution is 0.767. The number of H-pyrrole nitrogens is 5. The Morgan fingerprint density at radius 1 is 0.370 bits per heavy atom. The maximum atomic E-state index is 3.93. The number of rotatable bonds is 0. The zero-order valence-corrected chi connectivity index (χ0v) is 57.3. The molecular weight excluding hydrogens is 1010 g/mol. The van der Waals surface area contributed by atoms with Crippen molar-refractivity contribution in [1.82, 2.24) is 88.3 Å². The minimum absolute atomic E-state index is 0.968. The van der Waals surface area contributed by atoms with E-state index in [1.165, 1.54) is 16.8 Å². The van der Waals surface area contributed by atoms with Crippen molar-refractivity contribution in [2.75, 3.05) is 0 Å². The molecule has 0 radical (unpaired) electrons. The Balaban J connectivity index is -0.0000000835. The molecule has 18 nitrogen and oxygen atoms in total. The molecule has 0 fully saturated rings. The summed E-state index contributed by atoms with van der Waals surface area (Å²) in [6.45, 7) is 51.9. The van der Waals surface area contributed by atoms with Crippen LogP contribution in [0, 0.1) is 41.5 Å². The first-order valence-electron chi connectivity index (χ1n) is 29.1. The van der Waals surface area contributed by atoms with Gasteiger partial charge >= 0.3 is 0 Å². The first kappa shape index (κ1) is 95.6. The summed E-state index contributed by atoms with van der Waals surface area (Å²) in [5, 5.41) is 14.8. The molecule has 0 unspecified atom stereocenters. The van der Waals surface area contributed by atoms with E-state index in [0.717, 1.165) is 17.2 Å². The maximum Gasteiger partial charge on any atom is 0.119 e. The predicted molar refractivity (Wildman–Crippen MR) is 355 cm³/mol. The number of nitrogens with one attached hydrogen (secondary N) is 5. The molecule has 0 saturated heterocycles. The van der Waals surface area contributed by atoms with E-state index in [1.54, 1.807) is 82.7 Å². The highest BCUT2D eigenvalue weighted by Gasteiger charge is 1.82. The van der Waals surface area contributed by atoms with Crippen molar-refractivity contribution in [3.63, 3.8) is 0 Å². The van der Waals surface area contributed by atoms with Gasteiger partial charge in [-0.25, -0.2) is 19.9 Å². The van der Waals surface area contributed by atoms with Crippen LogP contribution in [0.5, 0.6) is 0 Å². The van der Waals surface area contributed by atoms with Gasteiger partial charge in [-0.15, -0.1) is 10.2 Å². The molecule has 5 N–H and O–H groups in total. The molecule has 0 aliphatic heterocycles. The second-order valence-corrected chi connectivity index (χ2v) is 13.0. The van der Waals surface area contributed by atoms with Crippen LogP contribution in [0.25, 0.3) is 0 Å². The SMILES string of the molecule is CC.CC.CC.CC.CC.CC.CC.CC.CC.CC.Cc1cc[nH]c1.Cc1ccc[nH]1.Cc1cnc[nH]1.Cc1cnc[nH]1.Cc1cnn(C)c1.Cc1ncc[nH]1.Cn1cccc1.Cn1cccn1.Cn1ccnc1.Cn1cnnc1. The molecule has 0 atom stereocenters. The Morgan fingerprint density at radius 3 is 0.988 bits per heavy atom. The van der Waals surface area contributed by atoms with Crippen molar-refractivity contribution < 1.29 is 0 Å². The smallest absolute Gasteiger partial charge is 0.119 e. The van der Waals surface area contributed by atoms with Crippen LogP contribution < -0.4 is 0 Å². The lowest BCUT2D eigenvalue weighted by atomic mass is 10.4. The second-order valence-electron chi connectivity index (χ2n) is 13.0. The molecule has 10 heterocycles. The number of hydrogen-bond donors (Lipinski definition) is 5. The van der Waals surface area contributed by atoms with Crippen molar-refractivity contribution >= 4 is 0 Å². The number of hydrogen-bond acceptors (Lipinski definition) is 8. The molecule has 466 valence electrons. The van der Waals surface area contributed by atoms with Gasteiger partial charge in [0.15, 0.2) is 0 Å². The molecule has 10 aromatic heterocycles. The third-order valence-corrected chi connectivity index (χ3v) is 6.81. The summed E-state index contributed by atoms with van der Waals surface area (Å²) in [4.78, 5) is 29.8. The average molecular weight is 1130 g/mol. The van der Waals surface area contributed by atoms with Gasteiger partial charge in [-0.1, -0.05) is 138 Å². The van der Waals surface area contributed by atoms with Crippen LogP contribution in [-0.4, -0.2) is 88.3 Å². The van der Waals surface area contributed by atoms with Crippen LogP contribution in [0.1, 0.15) is 173 Å². The van der Waals surface area contributed by atoms with Crippen molar-refractivity contribution in [2.45, 2.75) is 180 Å². The van der Waals surface area contributed by atoms with Crippen LogP contribution in [0.2, 0.25) is 0 Å². The summed E-state index contributed by atoms with van der Waals surface area (Å²) in [5.41, 5.74) is 5.93. The Hall–Kier alpha value is -7.76. The van der Waals surface area contributed by atoms with E-state index >= 15 is 0 Å². The van der Waals surface area contributed by atoms with Gasteiger partial charge in [-0.3, -0.25) is 9.36 Å². The van der Waals surface area contributed by atoms with Gasteiger partial charge in [0.25, 0.3) is 0 Å². The molecule has 81 heavy (non-hydrogen) atoms. The molecule has 10 aromatic rings. The van der Waals surface area contributed by atoms with Crippen LogP contribution in [0.15, 0.2) is 161 Å². The Bertz CT molecular complexity index is 1760. The van der Waals surface area contributed by atoms with E-state index in [0.29, 0.717) is 0 Å². The fraction of sp³-hybridized carbons (Fsp3) is 0.492. The summed E-state index contributed by atoms with van der Waals surface area (Å²) in [6, 6.07) is 11.9. The highest BCUT2D eigenvalue weighted by molar-refractivity contribution is 5.04. The normalized spacial score (nSPS) is 7.44. The zero-order valence-electron chi connectivity index (χ0n) is 57.3. The van der Waals surface area contributed by atoms with Crippen molar-refractivity contribution in [3.8, 4) is 0 Å². The molecule has 0 aliphatic carbocycles. The summed E-state index contributed by atoms with van der Waals surface area (Å²) in [6.07, 6.45) is 36.3. The Kier molecular flexibility index (Phi) is 105. The molecular formula is C63H124N18. The van der Waals surface area contributed by atoms with E-state index in [2.05, 4.69) is 72.2 Å². The third-order valence-electron chi connectivity index (χ3n) is 6.81. The van der Waals surface area contributed by atoms with Crippen LogP contribution >= 0.6 is 0 Å². The van der Waals surface area contributed by atoms with Gasteiger partial charge in [0.05, 0.1) is 25.2 Å². The third kappa shape index (κ3) is 86.4. The minimum atomic E-state index is 0.968. The van der Waals surface area contributed by atoms with Gasteiger partial charge in [-0.2, -0.15) is 10.2 Å². The largest absolute Gasteiger partial charge is 0.367 e. The van der Waals surface area contributed by atoms with Gasteiger partial charge in [-0.05, 0) is 89.1 Å². The van der Waals surface area contributed by atoms with E-state index in [9.17, 15) is 0 Å². The fourth-order valence-corrected chi connectivity index (χ4v) is 3.71. The number of aryl methyl sites for hydroxylation is 11. The first-order chi connectivity index (χ1) is 39.3. The number of imidazole rings is 4. The maximum absolute atomic E-state index is 3.93.